The molecule has 2 N–H and O–H groups in total. The van der Waals surface area contributed by atoms with Gasteiger partial charge in [0.05, 0.1) is 18.0 Å². The molecule has 1 aromatic rings. The summed E-state index contributed by atoms with van der Waals surface area (Å²) in [7, 11) is -4.63. The summed E-state index contributed by atoms with van der Waals surface area (Å²) in [6, 6.07) is 4.90. The summed E-state index contributed by atoms with van der Waals surface area (Å²) in [6.07, 6.45) is 1.99. The SMILES string of the molecule is O=C(CN(CCO)C1CC1)Nc1ccc(S(=O)(=O)C(F)F)cc1. The minimum Gasteiger partial charge on any atom is -0.395 e. The summed E-state index contributed by atoms with van der Waals surface area (Å²) >= 11 is 0. The molecule has 6 nitrogen and oxygen atoms in total. The summed E-state index contributed by atoms with van der Waals surface area (Å²) in [5, 5.41) is 11.6. The smallest absolute Gasteiger partial charge is 0.341 e. The number of sulfone groups is 1. The van der Waals surface area contributed by atoms with Gasteiger partial charge < -0.3 is 10.4 Å². The zero-order chi connectivity index (χ0) is 17.0. The molecule has 0 heterocycles. The predicted molar refractivity (Wildman–Crippen MR) is 79.9 cm³/mol. The second kappa shape index (κ2) is 7.33. The Balaban J connectivity index is 1.96. The Hall–Kier alpha value is -1.58. The topological polar surface area (TPSA) is 86.7 Å². The Morgan fingerprint density at radius 3 is 2.39 bits per heavy atom. The molecular weight excluding hydrogens is 330 g/mol. The molecule has 0 unspecified atom stereocenters. The maximum atomic E-state index is 12.4. The van der Waals surface area contributed by atoms with Crippen LogP contribution in [0.15, 0.2) is 29.2 Å². The van der Waals surface area contributed by atoms with E-state index in [0.29, 0.717) is 18.3 Å². The lowest BCUT2D eigenvalue weighted by Gasteiger charge is -2.20. The predicted octanol–water partition coefficient (Wildman–Crippen LogP) is 1.08. The largest absolute Gasteiger partial charge is 0.395 e. The fourth-order valence-electron chi connectivity index (χ4n) is 2.17. The average Bonchev–Trinajstić information content (AvgIpc) is 3.31. The van der Waals surface area contributed by atoms with Crippen LogP contribution in [0.4, 0.5) is 14.5 Å². The summed E-state index contributed by atoms with van der Waals surface area (Å²) in [5.74, 6) is -3.79. The zero-order valence-electron chi connectivity index (χ0n) is 12.3. The second-order valence-electron chi connectivity index (χ2n) is 5.30. The third-order valence-corrected chi connectivity index (χ3v) is 4.90. The van der Waals surface area contributed by atoms with Gasteiger partial charge in [0.25, 0.3) is 0 Å². The van der Waals surface area contributed by atoms with E-state index in [1.54, 1.807) is 0 Å². The van der Waals surface area contributed by atoms with Gasteiger partial charge in [-0.3, -0.25) is 9.69 Å². The van der Waals surface area contributed by atoms with E-state index in [1.807, 2.05) is 4.90 Å². The van der Waals surface area contributed by atoms with Gasteiger partial charge in [0.2, 0.25) is 15.7 Å². The van der Waals surface area contributed by atoms with Crippen LogP contribution < -0.4 is 5.32 Å². The molecular formula is C14H18F2N2O4S. The Bertz CT molecular complexity index is 645. The van der Waals surface area contributed by atoms with Gasteiger partial charge in [-0.05, 0) is 37.1 Å². The highest BCUT2D eigenvalue weighted by Gasteiger charge is 2.30. The molecule has 2 rings (SSSR count). The number of nitrogens with zero attached hydrogens (tertiary/aromatic N) is 1. The first-order valence-electron chi connectivity index (χ1n) is 7.11. The Morgan fingerprint density at radius 1 is 1.30 bits per heavy atom. The van der Waals surface area contributed by atoms with Crippen LogP contribution in [0.3, 0.4) is 0 Å². The average molecular weight is 348 g/mol. The van der Waals surface area contributed by atoms with Gasteiger partial charge in [-0.25, -0.2) is 8.42 Å². The highest BCUT2D eigenvalue weighted by atomic mass is 32.2. The molecule has 1 saturated carbocycles. The van der Waals surface area contributed by atoms with Crippen molar-refractivity contribution in [2.24, 2.45) is 0 Å². The quantitative estimate of drug-likeness (QED) is 0.734. The molecule has 0 bridgehead atoms. The lowest BCUT2D eigenvalue weighted by molar-refractivity contribution is -0.117. The number of benzene rings is 1. The summed E-state index contributed by atoms with van der Waals surface area (Å²) < 4.78 is 47.4. The van der Waals surface area contributed by atoms with E-state index in [0.717, 1.165) is 25.0 Å². The molecule has 128 valence electrons. The van der Waals surface area contributed by atoms with Crippen LogP contribution in [0.5, 0.6) is 0 Å². The number of rotatable bonds is 8. The highest BCUT2D eigenvalue weighted by Crippen LogP contribution is 2.26. The van der Waals surface area contributed by atoms with Crippen LogP contribution in [0.25, 0.3) is 0 Å². The van der Waals surface area contributed by atoms with E-state index in [4.69, 9.17) is 5.11 Å². The van der Waals surface area contributed by atoms with E-state index in [9.17, 15) is 22.0 Å². The van der Waals surface area contributed by atoms with Gasteiger partial charge in [-0.2, -0.15) is 8.78 Å². The third kappa shape index (κ3) is 4.69. The van der Waals surface area contributed by atoms with Crippen LogP contribution in [0.2, 0.25) is 0 Å². The van der Waals surface area contributed by atoms with Crippen molar-refractivity contribution >= 4 is 21.4 Å². The first-order chi connectivity index (χ1) is 10.8. The number of carbonyl (C=O) groups is 1. The number of alkyl halides is 2. The summed E-state index contributed by atoms with van der Waals surface area (Å²) in [5.41, 5.74) is 0.322. The Labute approximate surface area is 133 Å². The molecule has 0 radical (unpaired) electrons. The monoisotopic (exact) mass is 348 g/mol. The number of anilines is 1. The van der Waals surface area contributed by atoms with Crippen molar-refractivity contribution in [2.45, 2.75) is 29.5 Å². The molecule has 0 aromatic heterocycles. The number of aliphatic hydroxyl groups excluding tert-OH is 1. The number of aliphatic hydroxyl groups is 1. The molecule has 0 saturated heterocycles. The van der Waals surface area contributed by atoms with Crippen molar-refractivity contribution in [3.63, 3.8) is 0 Å². The van der Waals surface area contributed by atoms with Crippen molar-refractivity contribution in [3.05, 3.63) is 24.3 Å². The van der Waals surface area contributed by atoms with Crippen molar-refractivity contribution in [3.8, 4) is 0 Å². The molecule has 1 fully saturated rings. The minimum absolute atomic E-state index is 0.0377. The number of nitrogens with one attached hydrogen (secondary N) is 1. The molecule has 0 atom stereocenters. The van der Waals surface area contributed by atoms with Gasteiger partial charge >= 0.3 is 5.76 Å². The van der Waals surface area contributed by atoms with Gasteiger partial charge in [0.1, 0.15) is 0 Å². The lowest BCUT2D eigenvalue weighted by atomic mass is 10.3. The van der Waals surface area contributed by atoms with Crippen molar-refractivity contribution in [1.29, 1.82) is 0 Å². The molecule has 0 spiro atoms. The fourth-order valence-corrected chi connectivity index (χ4v) is 2.90. The molecule has 23 heavy (non-hydrogen) atoms. The van der Waals surface area contributed by atoms with E-state index < -0.39 is 20.5 Å². The first kappa shape index (κ1) is 17.8. The van der Waals surface area contributed by atoms with Crippen LogP contribution in [-0.2, 0) is 14.6 Å². The molecule has 1 aliphatic carbocycles. The standard InChI is InChI=1S/C14H18F2N2O4S/c15-14(16)23(21,22)12-5-1-10(2-6-12)17-13(20)9-18(7-8-19)11-3-4-11/h1-2,5-6,11,14,19H,3-4,7-9H2,(H,17,20). The highest BCUT2D eigenvalue weighted by molar-refractivity contribution is 7.91. The fraction of sp³-hybridized carbons (Fsp3) is 0.500. The van der Waals surface area contributed by atoms with Gasteiger partial charge in [0.15, 0.2) is 0 Å². The van der Waals surface area contributed by atoms with E-state index in [1.165, 1.54) is 12.1 Å². The molecule has 9 heteroatoms. The maximum Gasteiger partial charge on any atom is 0.341 e. The normalized spacial score (nSPS) is 15.2. The van der Waals surface area contributed by atoms with E-state index in [2.05, 4.69) is 5.32 Å². The Kier molecular flexibility index (Phi) is 5.66. The number of hydrogen-bond donors (Lipinski definition) is 2. The van der Waals surface area contributed by atoms with Gasteiger partial charge in [-0.1, -0.05) is 0 Å². The van der Waals surface area contributed by atoms with E-state index >= 15 is 0 Å². The number of amides is 1. The number of carbonyl (C=O) groups excluding carboxylic acids is 1. The molecule has 1 aliphatic rings. The van der Waals surface area contributed by atoms with Crippen molar-refractivity contribution in [2.75, 3.05) is 25.0 Å². The van der Waals surface area contributed by atoms with Crippen molar-refractivity contribution in [1.82, 2.24) is 4.90 Å². The molecule has 1 aromatic carbocycles. The summed E-state index contributed by atoms with van der Waals surface area (Å²) in [4.78, 5) is 13.3. The van der Waals surface area contributed by atoms with Crippen LogP contribution in [-0.4, -0.2) is 55.8 Å². The molecule has 0 aliphatic heterocycles. The van der Waals surface area contributed by atoms with Crippen LogP contribution in [0.1, 0.15) is 12.8 Å². The lowest BCUT2D eigenvalue weighted by Crippen LogP contribution is -2.36. The number of halogens is 2. The van der Waals surface area contributed by atoms with Crippen LogP contribution in [0, 0.1) is 0 Å². The third-order valence-electron chi connectivity index (χ3n) is 3.50. The van der Waals surface area contributed by atoms with Gasteiger partial charge in [0, 0.05) is 18.3 Å². The van der Waals surface area contributed by atoms with Crippen molar-refractivity contribution < 1.29 is 27.1 Å². The first-order valence-corrected chi connectivity index (χ1v) is 8.66. The maximum absolute atomic E-state index is 12.4. The van der Waals surface area contributed by atoms with Gasteiger partial charge in [-0.15, -0.1) is 0 Å². The van der Waals surface area contributed by atoms with Crippen LogP contribution >= 0.6 is 0 Å². The number of hydrogen-bond acceptors (Lipinski definition) is 5. The zero-order valence-corrected chi connectivity index (χ0v) is 13.1. The Morgan fingerprint density at radius 2 is 1.91 bits per heavy atom. The van der Waals surface area contributed by atoms with E-state index in [-0.39, 0.29) is 19.1 Å². The minimum atomic E-state index is -4.63. The summed E-state index contributed by atoms with van der Waals surface area (Å²) in [6.45, 7) is 0.482. The molecule has 1 amide bonds. The second-order valence-corrected chi connectivity index (χ2v) is 7.22.